The topological polar surface area (TPSA) is 117 Å². The fraction of sp³-hybridized carbons (Fsp3) is 0.387. The minimum Gasteiger partial charge on any atom is -0.444 e. The number of amides is 1. The van der Waals surface area contributed by atoms with Crippen LogP contribution in [0.5, 0.6) is 0 Å². The number of carbonyl (C=O) groups excluding carboxylic acids is 2. The predicted molar refractivity (Wildman–Crippen MR) is 158 cm³/mol. The van der Waals surface area contributed by atoms with Gasteiger partial charge in [-0.05, 0) is 31.9 Å². The normalized spacial score (nSPS) is 20.2. The molecule has 1 fully saturated rings. The molecule has 0 unspecified atom stereocenters. The molecule has 10 nitrogen and oxygen atoms in total. The van der Waals surface area contributed by atoms with Crippen molar-refractivity contribution in [1.82, 2.24) is 19.5 Å². The molecule has 1 amide bonds. The first-order valence-corrected chi connectivity index (χ1v) is 14.2. The van der Waals surface area contributed by atoms with Gasteiger partial charge in [0.2, 0.25) is 5.95 Å². The van der Waals surface area contributed by atoms with Crippen molar-refractivity contribution in [3.8, 4) is 0 Å². The van der Waals surface area contributed by atoms with Crippen molar-refractivity contribution in [2.45, 2.75) is 45.6 Å². The van der Waals surface area contributed by atoms with Gasteiger partial charge in [0.25, 0.3) is 0 Å². The third kappa shape index (κ3) is 6.95. The highest BCUT2D eigenvalue weighted by Crippen LogP contribution is 2.50. The van der Waals surface area contributed by atoms with Gasteiger partial charge < -0.3 is 23.6 Å². The number of ether oxygens (including phenoxy) is 3. The smallest absolute Gasteiger partial charge is 0.414 e. The molecule has 42 heavy (non-hydrogen) atoms. The van der Waals surface area contributed by atoms with Crippen LogP contribution < -0.4 is 5.32 Å². The van der Waals surface area contributed by atoms with Crippen LogP contribution in [0.1, 0.15) is 37.9 Å². The van der Waals surface area contributed by atoms with Gasteiger partial charge in [-0.3, -0.25) is 5.32 Å². The summed E-state index contributed by atoms with van der Waals surface area (Å²) >= 11 is 6.44. The summed E-state index contributed by atoms with van der Waals surface area (Å²) in [5.74, 6) is -0.557. The molecule has 2 aromatic carbocycles. The molecular weight excluding hydrogens is 558 g/mol. The van der Waals surface area contributed by atoms with Gasteiger partial charge in [-0.1, -0.05) is 72.3 Å². The molecule has 2 heterocycles. The van der Waals surface area contributed by atoms with Crippen molar-refractivity contribution < 1.29 is 23.8 Å². The predicted octanol–water partition coefficient (Wildman–Crippen LogP) is 5.86. The van der Waals surface area contributed by atoms with Gasteiger partial charge in [-0.25, -0.2) is 9.78 Å². The van der Waals surface area contributed by atoms with Crippen molar-refractivity contribution in [2.75, 3.05) is 18.5 Å². The number of nitrogens with zero attached hydrogens (tertiary/aromatic N) is 4. The Bertz CT molecular complexity index is 1510. The van der Waals surface area contributed by atoms with E-state index < -0.39 is 11.7 Å². The average Bonchev–Trinajstić information content (AvgIpc) is 3.36. The second kappa shape index (κ2) is 13.0. The maximum atomic E-state index is 12.5. The van der Waals surface area contributed by atoms with E-state index in [4.69, 9.17) is 25.8 Å². The van der Waals surface area contributed by atoms with Crippen molar-refractivity contribution >= 4 is 41.1 Å². The van der Waals surface area contributed by atoms with Crippen molar-refractivity contribution in [3.05, 3.63) is 83.3 Å². The van der Waals surface area contributed by atoms with Crippen LogP contribution in [0, 0.1) is 17.8 Å². The maximum absolute atomic E-state index is 12.5. The average molecular weight is 592 g/mol. The van der Waals surface area contributed by atoms with Crippen LogP contribution in [0.4, 0.5) is 10.7 Å². The highest BCUT2D eigenvalue weighted by atomic mass is 35.5. The number of nitrogens with one attached hydrogen (secondary N) is 1. The Labute approximate surface area is 249 Å². The van der Waals surface area contributed by atoms with Gasteiger partial charge in [0.1, 0.15) is 17.4 Å². The molecule has 0 bridgehead atoms. The Hall–Kier alpha value is -3.86. The van der Waals surface area contributed by atoms with E-state index in [-0.39, 0.29) is 34.9 Å². The van der Waals surface area contributed by atoms with E-state index in [1.807, 2.05) is 65.2 Å². The van der Waals surface area contributed by atoms with Gasteiger partial charge in [-0.15, -0.1) is 0 Å². The number of carbonyl (C=O) groups is 2. The number of aldehydes is 1. The lowest BCUT2D eigenvalue weighted by molar-refractivity contribution is -0.136. The number of rotatable bonds is 11. The molecular formula is C31H34ClN5O5. The SMILES string of the molecule is CC(C)(C)OC(=O)Nc1nc(Cl)c2ncn([C@@H]3[C@@H](C=O)[C@H](COCc4ccccc4)[C@H]3COCc3ccccc3)c2n1. The molecule has 2 aromatic heterocycles. The van der Waals surface area contributed by atoms with Crippen LogP contribution in [-0.4, -0.2) is 50.7 Å². The number of aromatic nitrogens is 4. The van der Waals surface area contributed by atoms with E-state index in [0.717, 1.165) is 17.4 Å². The summed E-state index contributed by atoms with van der Waals surface area (Å²) in [4.78, 5) is 38.0. The van der Waals surface area contributed by atoms with Crippen LogP contribution in [-0.2, 0) is 32.2 Å². The summed E-state index contributed by atoms with van der Waals surface area (Å²) in [6, 6.07) is 19.5. The molecule has 1 saturated carbocycles. The summed E-state index contributed by atoms with van der Waals surface area (Å²) in [6.45, 7) is 6.95. The Balaban J connectivity index is 1.38. The molecule has 0 aliphatic heterocycles. The zero-order valence-corrected chi connectivity index (χ0v) is 24.5. The van der Waals surface area contributed by atoms with Crippen LogP contribution in [0.2, 0.25) is 5.15 Å². The Kier molecular flexibility index (Phi) is 9.15. The molecule has 0 radical (unpaired) electrons. The lowest BCUT2D eigenvalue weighted by atomic mass is 9.61. The lowest BCUT2D eigenvalue weighted by Crippen LogP contribution is -2.52. The van der Waals surface area contributed by atoms with Gasteiger partial charge in [0, 0.05) is 17.8 Å². The molecule has 0 spiro atoms. The lowest BCUT2D eigenvalue weighted by Gasteiger charge is -2.50. The minimum absolute atomic E-state index is 0.0231. The zero-order valence-electron chi connectivity index (χ0n) is 23.8. The van der Waals surface area contributed by atoms with E-state index in [1.54, 1.807) is 27.1 Å². The molecule has 4 atom stereocenters. The fourth-order valence-electron chi connectivity index (χ4n) is 5.29. The Morgan fingerprint density at radius 2 is 1.55 bits per heavy atom. The minimum atomic E-state index is -0.707. The summed E-state index contributed by atoms with van der Waals surface area (Å²) in [5.41, 5.74) is 2.18. The standard InChI is InChI=1S/C31H34ClN5O5/c1-31(2,3)42-30(39)36-29-34-27(32)25-28(35-29)37(19-33-25)26-22(14-38)23(17-40-15-20-10-6-4-7-11-20)24(26)18-41-16-21-12-8-5-9-13-21/h4-14,19,22-24,26H,15-18H2,1-3H3,(H,34,35,36,39)/t22-,23-,24+,26+/m0/s1. The third-order valence-corrected chi connectivity index (χ3v) is 7.45. The largest absolute Gasteiger partial charge is 0.444 e. The first-order chi connectivity index (χ1) is 20.2. The van der Waals surface area contributed by atoms with Gasteiger partial charge >= 0.3 is 6.09 Å². The highest BCUT2D eigenvalue weighted by Gasteiger charge is 2.52. The summed E-state index contributed by atoms with van der Waals surface area (Å²) in [6.07, 6.45) is 1.86. The maximum Gasteiger partial charge on any atom is 0.414 e. The molecule has 5 rings (SSSR count). The van der Waals surface area contributed by atoms with Crippen LogP contribution in [0.3, 0.4) is 0 Å². The number of hydrogen-bond donors (Lipinski definition) is 1. The van der Waals surface area contributed by atoms with E-state index in [2.05, 4.69) is 20.3 Å². The number of imidazole rings is 1. The second-order valence-corrected chi connectivity index (χ2v) is 11.7. The first-order valence-electron chi connectivity index (χ1n) is 13.8. The number of halogens is 1. The van der Waals surface area contributed by atoms with Crippen LogP contribution >= 0.6 is 11.6 Å². The first kappa shape index (κ1) is 29.6. The molecule has 1 aliphatic rings. The fourth-order valence-corrected chi connectivity index (χ4v) is 5.50. The molecule has 4 aromatic rings. The summed E-state index contributed by atoms with van der Waals surface area (Å²) in [5, 5.41) is 2.62. The van der Waals surface area contributed by atoms with Crippen LogP contribution in [0.15, 0.2) is 67.0 Å². The van der Waals surface area contributed by atoms with Gasteiger partial charge in [-0.2, -0.15) is 9.97 Å². The summed E-state index contributed by atoms with van der Waals surface area (Å²) < 4.78 is 19.4. The number of hydrogen-bond acceptors (Lipinski definition) is 8. The number of benzene rings is 2. The van der Waals surface area contributed by atoms with Crippen molar-refractivity contribution in [2.24, 2.45) is 17.8 Å². The van der Waals surface area contributed by atoms with Crippen LogP contribution in [0.25, 0.3) is 11.2 Å². The molecule has 220 valence electrons. The van der Waals surface area contributed by atoms with Gasteiger partial charge in [0.15, 0.2) is 10.8 Å². The molecule has 0 saturated heterocycles. The number of anilines is 1. The van der Waals surface area contributed by atoms with E-state index in [9.17, 15) is 9.59 Å². The number of fused-ring (bicyclic) bond motifs is 1. The summed E-state index contributed by atoms with van der Waals surface area (Å²) in [7, 11) is 0. The van der Waals surface area contributed by atoms with E-state index >= 15 is 0 Å². The molecule has 1 aliphatic carbocycles. The second-order valence-electron chi connectivity index (χ2n) is 11.3. The van der Waals surface area contributed by atoms with E-state index in [1.165, 1.54) is 0 Å². The highest BCUT2D eigenvalue weighted by molar-refractivity contribution is 6.33. The van der Waals surface area contributed by atoms with Gasteiger partial charge in [0.05, 0.1) is 38.8 Å². The van der Waals surface area contributed by atoms with E-state index in [0.29, 0.717) is 37.6 Å². The van der Waals surface area contributed by atoms with Crippen molar-refractivity contribution in [3.63, 3.8) is 0 Å². The third-order valence-electron chi connectivity index (χ3n) is 7.19. The zero-order chi connectivity index (χ0) is 29.7. The Morgan fingerprint density at radius 1 is 0.952 bits per heavy atom. The Morgan fingerprint density at radius 3 is 2.12 bits per heavy atom. The molecule has 1 N–H and O–H groups in total. The molecule has 11 heteroatoms. The quantitative estimate of drug-likeness (QED) is 0.170. The van der Waals surface area contributed by atoms with Crippen molar-refractivity contribution in [1.29, 1.82) is 0 Å². The monoisotopic (exact) mass is 591 g/mol.